The number of methoxy groups -OCH3 is 1. The van der Waals surface area contributed by atoms with Crippen LogP contribution >= 0.6 is 0 Å². The molecule has 0 bridgehead atoms. The number of nitrogens with one attached hydrogen (secondary N) is 2. The van der Waals surface area contributed by atoms with Gasteiger partial charge < -0.3 is 10.1 Å². The van der Waals surface area contributed by atoms with Gasteiger partial charge in [0, 0.05) is 6.54 Å². The smallest absolute Gasteiger partial charge is 0.323 e. The van der Waals surface area contributed by atoms with Crippen LogP contribution in [0.25, 0.3) is 0 Å². The zero-order chi connectivity index (χ0) is 14.8. The highest BCUT2D eigenvalue weighted by atomic mass is 16.5. The minimum Gasteiger partial charge on any atom is -0.468 e. The van der Waals surface area contributed by atoms with Gasteiger partial charge in [-0.3, -0.25) is 14.9 Å². The monoisotopic (exact) mass is 272 g/mol. The van der Waals surface area contributed by atoms with E-state index >= 15 is 0 Å². The number of ether oxygens (including phenoxy) is 1. The number of unbranched alkanes of at least 4 members (excludes halogenated alkanes) is 2. The van der Waals surface area contributed by atoms with Crippen molar-refractivity contribution in [3.8, 4) is 0 Å². The molecule has 0 saturated carbocycles. The van der Waals surface area contributed by atoms with Crippen molar-refractivity contribution in [3.63, 3.8) is 0 Å². The van der Waals surface area contributed by atoms with Gasteiger partial charge in [0.05, 0.1) is 13.2 Å². The predicted molar refractivity (Wildman–Crippen MR) is 75.8 cm³/mol. The molecule has 2 N–H and O–H groups in total. The fraction of sp³-hybridized carbons (Fsp3) is 0.857. The molecular formula is C14H28N2O3. The zero-order valence-corrected chi connectivity index (χ0v) is 12.8. The molecule has 0 aromatic rings. The summed E-state index contributed by atoms with van der Waals surface area (Å²) in [5.74, 6) is -0.339. The molecule has 0 aliphatic rings. The average molecular weight is 272 g/mol. The molecule has 0 saturated heterocycles. The normalized spacial score (nSPS) is 14.0. The van der Waals surface area contributed by atoms with Crippen LogP contribution in [0.4, 0.5) is 0 Å². The number of hydrogen-bond acceptors (Lipinski definition) is 4. The van der Waals surface area contributed by atoms with Crippen molar-refractivity contribution in [2.45, 2.75) is 59.0 Å². The summed E-state index contributed by atoms with van der Waals surface area (Å²) >= 11 is 0. The van der Waals surface area contributed by atoms with Crippen LogP contribution in [0, 0.1) is 5.92 Å². The first-order valence-corrected chi connectivity index (χ1v) is 7.05. The van der Waals surface area contributed by atoms with E-state index in [2.05, 4.69) is 17.6 Å². The third kappa shape index (κ3) is 7.15. The summed E-state index contributed by atoms with van der Waals surface area (Å²) in [5, 5.41) is 5.89. The predicted octanol–water partition coefficient (Wildman–Crippen LogP) is 1.47. The molecule has 2 atom stereocenters. The van der Waals surface area contributed by atoms with Gasteiger partial charge in [-0.05, 0) is 19.3 Å². The van der Waals surface area contributed by atoms with Crippen molar-refractivity contribution in [2.24, 2.45) is 5.92 Å². The van der Waals surface area contributed by atoms with Gasteiger partial charge in [0.25, 0.3) is 0 Å². The second kappa shape index (κ2) is 9.78. The lowest BCUT2D eigenvalue weighted by atomic mass is 10.0. The van der Waals surface area contributed by atoms with Crippen molar-refractivity contribution in [2.75, 3.05) is 13.7 Å². The Kier molecular flexibility index (Phi) is 9.21. The minimum absolute atomic E-state index is 0.0720. The Balaban J connectivity index is 4.20. The molecule has 0 aliphatic heterocycles. The molecule has 0 radical (unpaired) electrons. The largest absolute Gasteiger partial charge is 0.468 e. The molecule has 0 aromatic heterocycles. The first-order chi connectivity index (χ1) is 8.93. The molecule has 1 amide bonds. The summed E-state index contributed by atoms with van der Waals surface area (Å²) in [5.41, 5.74) is 0. The Hall–Kier alpha value is -1.10. The summed E-state index contributed by atoms with van der Waals surface area (Å²) in [7, 11) is 1.36. The molecule has 0 aliphatic carbocycles. The van der Waals surface area contributed by atoms with Gasteiger partial charge in [-0.15, -0.1) is 0 Å². The maximum absolute atomic E-state index is 11.8. The quantitative estimate of drug-likeness (QED) is 0.493. The van der Waals surface area contributed by atoms with Gasteiger partial charge >= 0.3 is 5.97 Å². The highest BCUT2D eigenvalue weighted by Gasteiger charge is 2.26. The number of hydrogen-bond donors (Lipinski definition) is 2. The van der Waals surface area contributed by atoms with Crippen molar-refractivity contribution >= 4 is 11.9 Å². The van der Waals surface area contributed by atoms with Crippen LogP contribution in [0.1, 0.15) is 47.0 Å². The lowest BCUT2D eigenvalue weighted by Crippen LogP contribution is -2.51. The van der Waals surface area contributed by atoms with Gasteiger partial charge in [0.2, 0.25) is 5.91 Å². The molecule has 0 aromatic carbocycles. The lowest BCUT2D eigenvalue weighted by molar-refractivity contribution is -0.144. The number of carbonyl (C=O) groups is 2. The maximum atomic E-state index is 11.8. The van der Waals surface area contributed by atoms with Crippen LogP contribution in [0.5, 0.6) is 0 Å². The van der Waals surface area contributed by atoms with E-state index in [0.717, 1.165) is 19.3 Å². The first kappa shape index (κ1) is 17.9. The highest BCUT2D eigenvalue weighted by Crippen LogP contribution is 2.05. The summed E-state index contributed by atoms with van der Waals surface area (Å²) in [4.78, 5) is 23.4. The van der Waals surface area contributed by atoms with Crippen LogP contribution in [0.3, 0.4) is 0 Å². The summed E-state index contributed by atoms with van der Waals surface area (Å²) < 4.78 is 4.73. The molecule has 5 nitrogen and oxygen atoms in total. The van der Waals surface area contributed by atoms with Crippen LogP contribution in [0.15, 0.2) is 0 Å². The minimum atomic E-state index is -0.457. The fourth-order valence-corrected chi connectivity index (χ4v) is 1.74. The molecule has 0 heterocycles. The van der Waals surface area contributed by atoms with Crippen LogP contribution in [-0.2, 0) is 14.3 Å². The van der Waals surface area contributed by atoms with E-state index in [4.69, 9.17) is 4.74 Å². The van der Waals surface area contributed by atoms with Crippen LogP contribution < -0.4 is 10.6 Å². The highest BCUT2D eigenvalue weighted by molar-refractivity contribution is 5.83. The topological polar surface area (TPSA) is 67.4 Å². The van der Waals surface area contributed by atoms with E-state index in [1.165, 1.54) is 7.11 Å². The second-order valence-electron chi connectivity index (χ2n) is 5.13. The van der Waals surface area contributed by atoms with E-state index in [1.807, 2.05) is 13.8 Å². The van der Waals surface area contributed by atoms with Gasteiger partial charge in [0.1, 0.15) is 6.04 Å². The Bertz CT molecular complexity index is 280. The number of rotatable bonds is 9. The number of amides is 1. The molecule has 19 heavy (non-hydrogen) atoms. The van der Waals surface area contributed by atoms with Gasteiger partial charge in [0.15, 0.2) is 0 Å². The van der Waals surface area contributed by atoms with Crippen molar-refractivity contribution in [3.05, 3.63) is 0 Å². The van der Waals surface area contributed by atoms with Gasteiger partial charge in [-0.1, -0.05) is 33.6 Å². The van der Waals surface area contributed by atoms with Gasteiger partial charge in [-0.2, -0.15) is 0 Å². The van der Waals surface area contributed by atoms with E-state index in [0.29, 0.717) is 6.54 Å². The molecule has 112 valence electrons. The Labute approximate surface area is 116 Å². The zero-order valence-electron chi connectivity index (χ0n) is 12.8. The third-order valence-electron chi connectivity index (χ3n) is 3.02. The molecular weight excluding hydrogens is 244 g/mol. The van der Waals surface area contributed by atoms with E-state index in [1.54, 1.807) is 6.92 Å². The maximum Gasteiger partial charge on any atom is 0.323 e. The molecule has 0 rings (SSSR count). The summed E-state index contributed by atoms with van der Waals surface area (Å²) in [6.07, 6.45) is 3.22. The standard InChI is InChI=1S/C14H28N2O3/c1-6-7-8-9-15-13(17)11(4)16-12(10(2)3)14(18)19-5/h10-12,16H,6-9H2,1-5H3,(H,15,17). The molecule has 0 fully saturated rings. The Morgan fingerprint density at radius 3 is 2.26 bits per heavy atom. The third-order valence-corrected chi connectivity index (χ3v) is 3.02. The molecule has 0 spiro atoms. The Morgan fingerprint density at radius 1 is 1.16 bits per heavy atom. The number of esters is 1. The van der Waals surface area contributed by atoms with Crippen molar-refractivity contribution in [1.82, 2.24) is 10.6 Å². The fourth-order valence-electron chi connectivity index (χ4n) is 1.74. The first-order valence-electron chi connectivity index (χ1n) is 7.05. The molecule has 2 unspecified atom stereocenters. The van der Waals surface area contributed by atoms with Gasteiger partial charge in [-0.25, -0.2) is 0 Å². The van der Waals surface area contributed by atoms with Crippen LogP contribution in [0.2, 0.25) is 0 Å². The average Bonchev–Trinajstić information content (AvgIpc) is 2.39. The second-order valence-corrected chi connectivity index (χ2v) is 5.13. The van der Waals surface area contributed by atoms with E-state index in [9.17, 15) is 9.59 Å². The molecule has 5 heteroatoms. The summed E-state index contributed by atoms with van der Waals surface area (Å²) in [6, 6.07) is -0.866. The van der Waals surface area contributed by atoms with Crippen molar-refractivity contribution in [1.29, 1.82) is 0 Å². The van der Waals surface area contributed by atoms with Crippen LogP contribution in [-0.4, -0.2) is 37.6 Å². The summed E-state index contributed by atoms with van der Waals surface area (Å²) in [6.45, 7) is 8.40. The SMILES string of the molecule is CCCCCNC(=O)C(C)NC(C(=O)OC)C(C)C. The van der Waals surface area contributed by atoms with Crippen molar-refractivity contribution < 1.29 is 14.3 Å². The lowest BCUT2D eigenvalue weighted by Gasteiger charge is -2.23. The number of carbonyl (C=O) groups excluding carboxylic acids is 2. The van der Waals surface area contributed by atoms with E-state index < -0.39 is 12.1 Å². The van der Waals surface area contributed by atoms with E-state index in [-0.39, 0.29) is 17.8 Å². The Morgan fingerprint density at radius 2 is 1.79 bits per heavy atom.